The maximum Gasteiger partial charge on any atom is 0.130 e. The first kappa shape index (κ1) is 16.2. The summed E-state index contributed by atoms with van der Waals surface area (Å²) in [4.78, 5) is 0. The average Bonchev–Trinajstić information content (AvgIpc) is 2.46. The van der Waals surface area contributed by atoms with Gasteiger partial charge in [-0.05, 0) is 45.9 Å². The van der Waals surface area contributed by atoms with Crippen LogP contribution in [0.4, 0.5) is 0 Å². The van der Waals surface area contributed by atoms with E-state index in [-0.39, 0.29) is 12.2 Å². The van der Waals surface area contributed by atoms with Gasteiger partial charge in [-0.3, -0.25) is 0 Å². The van der Waals surface area contributed by atoms with E-state index in [0.29, 0.717) is 0 Å². The van der Waals surface area contributed by atoms with Crippen molar-refractivity contribution in [3.05, 3.63) is 42.5 Å². The summed E-state index contributed by atoms with van der Waals surface area (Å²) < 4.78 is 17.2. The number of ether oxygens (including phenoxy) is 3. The van der Waals surface area contributed by atoms with E-state index in [1.807, 2.05) is 70.2 Å². The van der Waals surface area contributed by atoms with Gasteiger partial charge >= 0.3 is 0 Å². The molecule has 0 aliphatic heterocycles. The van der Waals surface area contributed by atoms with Crippen molar-refractivity contribution in [3.63, 3.8) is 0 Å². The molecule has 0 bridgehead atoms. The second-order valence-corrected chi connectivity index (χ2v) is 5.69. The Kier molecular flexibility index (Phi) is 5.31. The monoisotopic (exact) mass is 300 g/mol. The molecule has 0 radical (unpaired) electrons. The van der Waals surface area contributed by atoms with Crippen molar-refractivity contribution in [3.8, 4) is 28.4 Å². The van der Waals surface area contributed by atoms with Gasteiger partial charge < -0.3 is 14.2 Å². The van der Waals surface area contributed by atoms with Crippen molar-refractivity contribution in [2.45, 2.75) is 39.9 Å². The second kappa shape index (κ2) is 7.21. The number of methoxy groups -OCH3 is 1. The maximum absolute atomic E-state index is 5.91. The number of para-hydroxylation sites is 1. The lowest BCUT2D eigenvalue weighted by Gasteiger charge is -2.17. The van der Waals surface area contributed by atoms with Crippen molar-refractivity contribution in [2.24, 2.45) is 0 Å². The largest absolute Gasteiger partial charge is 0.496 e. The molecule has 0 aliphatic rings. The molecule has 0 fully saturated rings. The molecule has 2 aromatic carbocycles. The lowest BCUT2D eigenvalue weighted by molar-refractivity contribution is 0.240. The quantitative estimate of drug-likeness (QED) is 0.756. The molecule has 0 saturated heterocycles. The average molecular weight is 300 g/mol. The van der Waals surface area contributed by atoms with Crippen LogP contribution < -0.4 is 14.2 Å². The Hall–Kier alpha value is -2.16. The molecule has 0 spiro atoms. The molecule has 0 aliphatic carbocycles. The van der Waals surface area contributed by atoms with Gasteiger partial charge in [0.15, 0.2) is 0 Å². The van der Waals surface area contributed by atoms with E-state index in [1.54, 1.807) is 7.11 Å². The minimum Gasteiger partial charge on any atom is -0.496 e. The first-order valence-electron chi connectivity index (χ1n) is 7.62. The van der Waals surface area contributed by atoms with Crippen molar-refractivity contribution >= 4 is 0 Å². The van der Waals surface area contributed by atoms with Crippen LogP contribution in [0.5, 0.6) is 17.2 Å². The Morgan fingerprint density at radius 2 is 1.36 bits per heavy atom. The van der Waals surface area contributed by atoms with Gasteiger partial charge in [-0.15, -0.1) is 0 Å². The molecular formula is C19H24O3. The second-order valence-electron chi connectivity index (χ2n) is 5.69. The van der Waals surface area contributed by atoms with Gasteiger partial charge in [0.25, 0.3) is 0 Å². The van der Waals surface area contributed by atoms with Crippen molar-refractivity contribution in [1.82, 2.24) is 0 Å². The predicted octanol–water partition coefficient (Wildman–Crippen LogP) is 4.94. The fraction of sp³-hybridized carbons (Fsp3) is 0.368. The van der Waals surface area contributed by atoms with Gasteiger partial charge in [0.05, 0.1) is 19.3 Å². The minimum atomic E-state index is 0.121. The van der Waals surface area contributed by atoms with E-state index in [2.05, 4.69) is 0 Å². The molecule has 0 aromatic heterocycles. The number of rotatable bonds is 6. The van der Waals surface area contributed by atoms with Crippen LogP contribution in [0, 0.1) is 0 Å². The highest BCUT2D eigenvalue weighted by Crippen LogP contribution is 2.38. The van der Waals surface area contributed by atoms with Gasteiger partial charge in [0.1, 0.15) is 17.2 Å². The van der Waals surface area contributed by atoms with E-state index in [0.717, 1.165) is 28.4 Å². The van der Waals surface area contributed by atoms with Crippen LogP contribution in [-0.4, -0.2) is 19.3 Å². The van der Waals surface area contributed by atoms with E-state index < -0.39 is 0 Å². The normalized spacial score (nSPS) is 10.9. The van der Waals surface area contributed by atoms with Crippen LogP contribution in [0.3, 0.4) is 0 Å². The zero-order valence-corrected chi connectivity index (χ0v) is 13.9. The molecule has 22 heavy (non-hydrogen) atoms. The van der Waals surface area contributed by atoms with Crippen molar-refractivity contribution in [2.75, 3.05) is 7.11 Å². The molecule has 0 saturated carbocycles. The lowest BCUT2D eigenvalue weighted by Crippen LogP contribution is -2.07. The molecule has 0 atom stereocenters. The molecule has 2 aromatic rings. The van der Waals surface area contributed by atoms with E-state index in [9.17, 15) is 0 Å². The summed E-state index contributed by atoms with van der Waals surface area (Å²) in [5, 5.41) is 0. The van der Waals surface area contributed by atoms with Gasteiger partial charge in [-0.25, -0.2) is 0 Å². The van der Waals surface area contributed by atoms with E-state index in [4.69, 9.17) is 14.2 Å². The third-order valence-electron chi connectivity index (χ3n) is 3.08. The predicted molar refractivity (Wildman–Crippen MR) is 90.0 cm³/mol. The number of hydrogen-bond acceptors (Lipinski definition) is 3. The molecular weight excluding hydrogens is 276 g/mol. The third kappa shape index (κ3) is 3.94. The van der Waals surface area contributed by atoms with Gasteiger partial charge in [0, 0.05) is 17.2 Å². The Bertz CT molecular complexity index is 618. The summed E-state index contributed by atoms with van der Waals surface area (Å²) in [7, 11) is 1.67. The zero-order valence-electron chi connectivity index (χ0n) is 13.9. The molecule has 0 heterocycles. The Morgan fingerprint density at radius 1 is 0.727 bits per heavy atom. The molecule has 3 heteroatoms. The number of hydrogen-bond donors (Lipinski definition) is 0. The van der Waals surface area contributed by atoms with Crippen molar-refractivity contribution < 1.29 is 14.2 Å². The molecule has 0 unspecified atom stereocenters. The fourth-order valence-electron chi connectivity index (χ4n) is 2.29. The molecule has 0 amide bonds. The van der Waals surface area contributed by atoms with Crippen LogP contribution in [0.25, 0.3) is 11.1 Å². The molecule has 2 rings (SSSR count). The highest BCUT2D eigenvalue weighted by atomic mass is 16.5. The summed E-state index contributed by atoms with van der Waals surface area (Å²) in [6.45, 7) is 8.06. The first-order chi connectivity index (χ1) is 10.5. The standard InChI is InChI=1S/C19H24O3/c1-13(2)21-15-10-11-17(19(12-15)20-5)16-8-6-7-9-18(16)22-14(3)4/h6-14H,1-5H3. The van der Waals surface area contributed by atoms with Crippen molar-refractivity contribution in [1.29, 1.82) is 0 Å². The number of benzene rings is 2. The van der Waals surface area contributed by atoms with Crippen LogP contribution in [-0.2, 0) is 0 Å². The molecule has 3 nitrogen and oxygen atoms in total. The lowest BCUT2D eigenvalue weighted by atomic mass is 10.0. The third-order valence-corrected chi connectivity index (χ3v) is 3.08. The van der Waals surface area contributed by atoms with Crippen LogP contribution >= 0.6 is 0 Å². The van der Waals surface area contributed by atoms with E-state index in [1.165, 1.54) is 0 Å². The topological polar surface area (TPSA) is 27.7 Å². The van der Waals surface area contributed by atoms with E-state index >= 15 is 0 Å². The summed E-state index contributed by atoms with van der Waals surface area (Å²) in [6, 6.07) is 13.9. The summed E-state index contributed by atoms with van der Waals surface area (Å²) in [5.41, 5.74) is 2.01. The van der Waals surface area contributed by atoms with Crippen LogP contribution in [0.15, 0.2) is 42.5 Å². The highest BCUT2D eigenvalue weighted by Gasteiger charge is 2.13. The Balaban J connectivity index is 2.44. The van der Waals surface area contributed by atoms with Crippen LogP contribution in [0.2, 0.25) is 0 Å². The molecule has 0 N–H and O–H groups in total. The van der Waals surface area contributed by atoms with Gasteiger partial charge in [0.2, 0.25) is 0 Å². The Labute approximate surface area is 132 Å². The smallest absolute Gasteiger partial charge is 0.130 e. The van der Waals surface area contributed by atoms with Gasteiger partial charge in [-0.1, -0.05) is 18.2 Å². The van der Waals surface area contributed by atoms with Gasteiger partial charge in [-0.2, -0.15) is 0 Å². The summed E-state index contributed by atoms with van der Waals surface area (Å²) >= 11 is 0. The Morgan fingerprint density at radius 3 is 2.00 bits per heavy atom. The van der Waals surface area contributed by atoms with Crippen LogP contribution in [0.1, 0.15) is 27.7 Å². The zero-order chi connectivity index (χ0) is 16.1. The maximum atomic E-state index is 5.91. The summed E-state index contributed by atoms with van der Waals surface area (Å²) in [6.07, 6.45) is 0.253. The molecule has 118 valence electrons. The highest BCUT2D eigenvalue weighted by molar-refractivity contribution is 5.76. The summed E-state index contributed by atoms with van der Waals surface area (Å²) in [5.74, 6) is 2.43. The SMILES string of the molecule is COc1cc(OC(C)C)ccc1-c1ccccc1OC(C)C. The fourth-order valence-corrected chi connectivity index (χ4v) is 2.29. The minimum absolute atomic E-state index is 0.121. The first-order valence-corrected chi connectivity index (χ1v) is 7.62.